The van der Waals surface area contributed by atoms with Gasteiger partial charge in [-0.15, -0.1) is 0 Å². The van der Waals surface area contributed by atoms with Crippen LogP contribution < -0.4 is 0 Å². The Balaban J connectivity index is 1.80. The highest BCUT2D eigenvalue weighted by molar-refractivity contribution is 6.11. The lowest BCUT2D eigenvalue weighted by Gasteiger charge is -2.54. The van der Waals surface area contributed by atoms with Gasteiger partial charge in [-0.05, 0) is 29.2 Å². The van der Waals surface area contributed by atoms with E-state index < -0.39 is 17.3 Å². The first-order chi connectivity index (χ1) is 13.5. The van der Waals surface area contributed by atoms with E-state index >= 15 is 0 Å². The molecule has 2 unspecified atom stereocenters. The normalized spacial score (nSPS) is 29.1. The summed E-state index contributed by atoms with van der Waals surface area (Å²) in [5, 5.41) is 0. The molecule has 4 aliphatic rings. The Kier molecular flexibility index (Phi) is 3.51. The van der Waals surface area contributed by atoms with Crippen molar-refractivity contribution in [3.8, 4) is 0 Å². The highest BCUT2D eigenvalue weighted by Crippen LogP contribution is 2.64. The molecule has 0 saturated heterocycles. The minimum Gasteiger partial charge on any atom is -0.461 e. The summed E-state index contributed by atoms with van der Waals surface area (Å²) in [6, 6.07) is 15.9. The summed E-state index contributed by atoms with van der Waals surface area (Å²) < 4.78 is 5.67. The molecule has 1 saturated carbocycles. The van der Waals surface area contributed by atoms with Crippen LogP contribution in [0.5, 0.6) is 0 Å². The van der Waals surface area contributed by atoms with Crippen molar-refractivity contribution in [1.82, 2.24) is 0 Å². The Morgan fingerprint density at radius 2 is 1.61 bits per heavy atom. The third-order valence-corrected chi connectivity index (χ3v) is 6.65. The van der Waals surface area contributed by atoms with Crippen molar-refractivity contribution in [3.05, 3.63) is 82.9 Å². The number of benzene rings is 2. The molecule has 0 aliphatic heterocycles. The topological polar surface area (TPSA) is 60.4 Å². The molecule has 0 heterocycles. The van der Waals surface area contributed by atoms with Crippen LogP contribution in [-0.2, 0) is 24.5 Å². The second kappa shape index (κ2) is 5.74. The molecule has 2 bridgehead atoms. The molecule has 2 aromatic rings. The minimum atomic E-state index is -0.832. The van der Waals surface area contributed by atoms with Crippen molar-refractivity contribution in [2.45, 2.75) is 24.7 Å². The largest absolute Gasteiger partial charge is 0.461 e. The molecule has 0 N–H and O–H groups in total. The second-order valence-corrected chi connectivity index (χ2v) is 8.09. The fourth-order valence-electron chi connectivity index (χ4n) is 5.68. The number of hydrogen-bond donors (Lipinski definition) is 0. The number of ether oxygens (including phenoxy) is 1. The zero-order valence-electron chi connectivity index (χ0n) is 15.6. The standard InChI is InChI=1S/C24H20O4/c1-13(2)23(27)28-12-24-16-9-5-3-7-14(16)20(15-8-4-6-10-17(15)24)21-18(25)11-19(26)22(21)24/h3-10,20-22H,1,11-12H2,2H3. The van der Waals surface area contributed by atoms with Gasteiger partial charge in [0.2, 0.25) is 0 Å². The summed E-state index contributed by atoms with van der Waals surface area (Å²) in [5.41, 5.74) is 3.61. The summed E-state index contributed by atoms with van der Waals surface area (Å²) >= 11 is 0. The third-order valence-electron chi connectivity index (χ3n) is 6.65. The van der Waals surface area contributed by atoms with E-state index in [0.29, 0.717) is 5.57 Å². The van der Waals surface area contributed by atoms with Gasteiger partial charge in [0.05, 0.1) is 11.8 Å². The van der Waals surface area contributed by atoms with E-state index in [4.69, 9.17) is 4.74 Å². The predicted octanol–water partition coefficient (Wildman–Crippen LogP) is 3.33. The highest BCUT2D eigenvalue weighted by atomic mass is 16.5. The van der Waals surface area contributed by atoms with E-state index in [9.17, 15) is 14.4 Å². The smallest absolute Gasteiger partial charge is 0.333 e. The van der Waals surface area contributed by atoms with Gasteiger partial charge in [-0.25, -0.2) is 4.79 Å². The zero-order chi connectivity index (χ0) is 19.6. The van der Waals surface area contributed by atoms with Gasteiger partial charge in [0.1, 0.15) is 18.2 Å². The average molecular weight is 372 g/mol. The van der Waals surface area contributed by atoms with Crippen molar-refractivity contribution < 1.29 is 19.1 Å². The maximum absolute atomic E-state index is 13.0. The number of ketones is 2. The molecule has 0 spiro atoms. The molecule has 4 heteroatoms. The molecule has 2 atom stereocenters. The summed E-state index contributed by atoms with van der Waals surface area (Å²) in [5.74, 6) is -1.52. The van der Waals surface area contributed by atoms with Crippen LogP contribution in [0.1, 0.15) is 41.5 Å². The SMILES string of the molecule is C=C(C)C(=O)OCC12c3ccccc3C(c3ccccc31)C1C(=O)CC(=O)C12. The second-order valence-electron chi connectivity index (χ2n) is 8.09. The average Bonchev–Trinajstić information content (AvgIpc) is 3.01. The number of hydrogen-bond acceptors (Lipinski definition) is 4. The van der Waals surface area contributed by atoms with Gasteiger partial charge >= 0.3 is 5.97 Å². The van der Waals surface area contributed by atoms with Crippen molar-refractivity contribution >= 4 is 17.5 Å². The number of carbonyl (C=O) groups excluding carboxylic acids is 3. The molecule has 4 nitrogen and oxygen atoms in total. The number of Topliss-reactive ketones (excluding diaryl/α,β-unsaturated/α-hetero) is 2. The Labute approximate surface area is 163 Å². The predicted molar refractivity (Wildman–Crippen MR) is 103 cm³/mol. The number of esters is 1. The van der Waals surface area contributed by atoms with Gasteiger partial charge < -0.3 is 4.74 Å². The van der Waals surface area contributed by atoms with Crippen molar-refractivity contribution in [1.29, 1.82) is 0 Å². The summed E-state index contributed by atoms with van der Waals surface area (Å²) in [4.78, 5) is 38.2. The lowest BCUT2D eigenvalue weighted by atomic mass is 9.47. The van der Waals surface area contributed by atoms with Gasteiger partial charge in [-0.3, -0.25) is 9.59 Å². The zero-order valence-corrected chi connectivity index (χ0v) is 15.6. The minimum absolute atomic E-state index is 0.000362. The van der Waals surface area contributed by atoms with E-state index in [0.717, 1.165) is 22.3 Å². The molecule has 6 rings (SSSR count). The molecule has 2 aromatic carbocycles. The summed E-state index contributed by atoms with van der Waals surface area (Å²) in [6.45, 7) is 5.30. The molecule has 0 amide bonds. The Morgan fingerprint density at radius 3 is 2.18 bits per heavy atom. The van der Waals surface area contributed by atoms with Crippen LogP contribution in [0.4, 0.5) is 0 Å². The third kappa shape index (κ3) is 1.98. The molecule has 0 radical (unpaired) electrons. The number of carbonyl (C=O) groups is 3. The van der Waals surface area contributed by atoms with E-state index in [2.05, 4.69) is 6.58 Å². The monoisotopic (exact) mass is 372 g/mol. The lowest BCUT2D eigenvalue weighted by molar-refractivity contribution is -0.143. The van der Waals surface area contributed by atoms with Crippen LogP contribution in [0.25, 0.3) is 0 Å². The van der Waals surface area contributed by atoms with Gasteiger partial charge in [0.25, 0.3) is 0 Å². The molecule has 4 aliphatic carbocycles. The highest BCUT2D eigenvalue weighted by Gasteiger charge is 2.65. The molecule has 0 aromatic heterocycles. The van der Waals surface area contributed by atoms with Crippen molar-refractivity contribution in [2.75, 3.05) is 6.61 Å². The quantitative estimate of drug-likeness (QED) is 0.471. The summed E-state index contributed by atoms with van der Waals surface area (Å²) in [6.07, 6.45) is -0.0377. The Morgan fingerprint density at radius 1 is 1.04 bits per heavy atom. The lowest BCUT2D eigenvalue weighted by Crippen LogP contribution is -2.56. The van der Waals surface area contributed by atoms with Crippen LogP contribution in [0.15, 0.2) is 60.7 Å². The van der Waals surface area contributed by atoms with Crippen molar-refractivity contribution in [3.63, 3.8) is 0 Å². The molecular formula is C24H20O4. The molecule has 1 fully saturated rings. The molecular weight excluding hydrogens is 352 g/mol. The van der Waals surface area contributed by atoms with Gasteiger partial charge in [0, 0.05) is 23.3 Å². The fourth-order valence-corrected chi connectivity index (χ4v) is 5.68. The van der Waals surface area contributed by atoms with Crippen LogP contribution in [0.2, 0.25) is 0 Å². The molecule has 140 valence electrons. The Bertz CT molecular complexity index is 1020. The van der Waals surface area contributed by atoms with E-state index in [1.165, 1.54) is 0 Å². The fraction of sp³-hybridized carbons (Fsp3) is 0.292. The van der Waals surface area contributed by atoms with E-state index in [-0.39, 0.29) is 36.4 Å². The maximum atomic E-state index is 13.0. The van der Waals surface area contributed by atoms with E-state index in [1.807, 2.05) is 48.5 Å². The first kappa shape index (κ1) is 17.1. The van der Waals surface area contributed by atoms with Gasteiger partial charge in [-0.1, -0.05) is 55.1 Å². The Hall–Kier alpha value is -3.01. The van der Waals surface area contributed by atoms with Gasteiger partial charge in [-0.2, -0.15) is 0 Å². The first-order valence-corrected chi connectivity index (χ1v) is 9.53. The van der Waals surface area contributed by atoms with Crippen LogP contribution in [-0.4, -0.2) is 24.1 Å². The van der Waals surface area contributed by atoms with Crippen LogP contribution >= 0.6 is 0 Å². The van der Waals surface area contributed by atoms with Crippen LogP contribution in [0, 0.1) is 11.8 Å². The van der Waals surface area contributed by atoms with Gasteiger partial charge in [0.15, 0.2) is 0 Å². The molecule has 28 heavy (non-hydrogen) atoms. The number of rotatable bonds is 3. The maximum Gasteiger partial charge on any atom is 0.333 e. The van der Waals surface area contributed by atoms with Crippen LogP contribution in [0.3, 0.4) is 0 Å². The first-order valence-electron chi connectivity index (χ1n) is 9.53. The van der Waals surface area contributed by atoms with E-state index in [1.54, 1.807) is 6.92 Å². The summed E-state index contributed by atoms with van der Waals surface area (Å²) in [7, 11) is 0. The van der Waals surface area contributed by atoms with Crippen molar-refractivity contribution in [2.24, 2.45) is 11.8 Å².